The molecular weight excluding hydrogens is 368 g/mol. The monoisotopic (exact) mass is 388 g/mol. The number of amides is 2. The van der Waals surface area contributed by atoms with Crippen molar-refractivity contribution < 1.29 is 14.3 Å². The van der Waals surface area contributed by atoms with Gasteiger partial charge in [0.25, 0.3) is 5.91 Å². The number of ether oxygens (including phenoxy) is 1. The summed E-state index contributed by atoms with van der Waals surface area (Å²) in [7, 11) is 1.53. The second kappa shape index (κ2) is 7.63. The largest absolute Gasteiger partial charge is 0.495 e. The molecule has 0 saturated heterocycles. The van der Waals surface area contributed by atoms with Crippen LogP contribution >= 0.6 is 0 Å². The minimum atomic E-state index is -0.757. The van der Waals surface area contributed by atoms with Gasteiger partial charge in [0.2, 0.25) is 5.91 Å². The second-order valence-electron chi connectivity index (χ2n) is 6.67. The second-order valence-corrected chi connectivity index (χ2v) is 6.67. The molecule has 2 amide bonds. The first kappa shape index (κ1) is 18.5. The molecule has 0 aliphatic heterocycles. The molecular formula is C22H20N4O3. The highest BCUT2D eigenvalue weighted by molar-refractivity contribution is 6.09. The Morgan fingerprint density at radius 1 is 1.03 bits per heavy atom. The summed E-state index contributed by atoms with van der Waals surface area (Å²) in [5.41, 5.74) is 2.62. The van der Waals surface area contributed by atoms with Crippen molar-refractivity contribution in [2.75, 3.05) is 12.4 Å². The number of H-pyrrole nitrogens is 1. The average molecular weight is 388 g/mol. The number of nitrogens with zero attached hydrogens (tertiary/aromatic N) is 1. The lowest BCUT2D eigenvalue weighted by atomic mass is 10.1. The maximum absolute atomic E-state index is 12.6. The molecule has 0 spiro atoms. The van der Waals surface area contributed by atoms with E-state index in [1.54, 1.807) is 37.4 Å². The third-order valence-corrected chi connectivity index (χ3v) is 4.73. The minimum Gasteiger partial charge on any atom is -0.495 e. The summed E-state index contributed by atoms with van der Waals surface area (Å²) in [5, 5.41) is 7.38. The number of methoxy groups -OCH3 is 1. The molecule has 0 radical (unpaired) electrons. The first-order chi connectivity index (χ1) is 14.1. The Hall–Kier alpha value is -3.87. The van der Waals surface area contributed by atoms with Gasteiger partial charge in [-0.25, -0.2) is 4.98 Å². The fraction of sp³-hybridized carbons (Fsp3) is 0.136. The van der Waals surface area contributed by atoms with Crippen LogP contribution in [0.1, 0.15) is 17.4 Å². The standard InChI is InChI=1S/C22H20N4O3/c1-13(21(27)26-17-9-5-6-10-20(17)29-2)24-22(28)18-11-15-14-7-3-4-8-16(14)25-19(15)12-23-18/h3-13,25H,1-2H3,(H,24,28)(H,26,27). The smallest absolute Gasteiger partial charge is 0.270 e. The van der Waals surface area contributed by atoms with Gasteiger partial charge >= 0.3 is 0 Å². The van der Waals surface area contributed by atoms with Crippen molar-refractivity contribution in [2.24, 2.45) is 0 Å². The van der Waals surface area contributed by atoms with Gasteiger partial charge in [0.15, 0.2) is 0 Å². The zero-order chi connectivity index (χ0) is 20.4. The van der Waals surface area contributed by atoms with Crippen LogP contribution in [0.5, 0.6) is 5.75 Å². The highest BCUT2D eigenvalue weighted by Crippen LogP contribution is 2.25. The fourth-order valence-corrected chi connectivity index (χ4v) is 3.20. The number of carbonyl (C=O) groups is 2. The van der Waals surface area contributed by atoms with Crippen molar-refractivity contribution in [3.05, 3.63) is 66.5 Å². The first-order valence-corrected chi connectivity index (χ1v) is 9.18. The summed E-state index contributed by atoms with van der Waals surface area (Å²) in [6, 6.07) is 15.9. The van der Waals surface area contributed by atoms with Crippen molar-refractivity contribution >= 4 is 39.3 Å². The molecule has 0 fully saturated rings. The van der Waals surface area contributed by atoms with Crippen molar-refractivity contribution in [3.8, 4) is 5.75 Å². The Kier molecular flexibility index (Phi) is 4.87. The molecule has 146 valence electrons. The zero-order valence-corrected chi connectivity index (χ0v) is 16.0. The number of rotatable bonds is 5. The Morgan fingerprint density at radius 2 is 1.79 bits per heavy atom. The van der Waals surface area contributed by atoms with E-state index in [2.05, 4.69) is 20.6 Å². The molecule has 2 heterocycles. The van der Waals surface area contributed by atoms with Gasteiger partial charge in [0.05, 0.1) is 24.5 Å². The number of anilines is 1. The lowest BCUT2D eigenvalue weighted by Gasteiger charge is -2.15. The number of pyridine rings is 1. The van der Waals surface area contributed by atoms with Crippen molar-refractivity contribution in [2.45, 2.75) is 13.0 Å². The zero-order valence-electron chi connectivity index (χ0n) is 16.0. The Bertz CT molecular complexity index is 1220. The Balaban J connectivity index is 1.51. The van der Waals surface area contributed by atoms with Gasteiger partial charge in [-0.3, -0.25) is 9.59 Å². The van der Waals surface area contributed by atoms with E-state index in [0.717, 1.165) is 21.8 Å². The lowest BCUT2D eigenvalue weighted by Crippen LogP contribution is -2.41. The van der Waals surface area contributed by atoms with Crippen molar-refractivity contribution in [1.29, 1.82) is 0 Å². The highest BCUT2D eigenvalue weighted by atomic mass is 16.5. The Labute approximate surface area is 167 Å². The van der Waals surface area contributed by atoms with E-state index in [4.69, 9.17) is 4.74 Å². The third-order valence-electron chi connectivity index (χ3n) is 4.73. The van der Waals surface area contributed by atoms with Crippen LogP contribution < -0.4 is 15.4 Å². The molecule has 29 heavy (non-hydrogen) atoms. The number of benzene rings is 2. The van der Waals surface area contributed by atoms with Crippen LogP contribution in [0.15, 0.2) is 60.8 Å². The number of hydrogen-bond donors (Lipinski definition) is 3. The lowest BCUT2D eigenvalue weighted by molar-refractivity contribution is -0.117. The number of carbonyl (C=O) groups excluding carboxylic acids is 2. The SMILES string of the molecule is COc1ccccc1NC(=O)C(C)NC(=O)c1cc2c(cn1)[nH]c1ccccc12. The summed E-state index contributed by atoms with van der Waals surface area (Å²) < 4.78 is 5.23. The van der Waals surface area contributed by atoms with E-state index in [9.17, 15) is 9.59 Å². The van der Waals surface area contributed by atoms with Gasteiger partial charge in [0.1, 0.15) is 17.5 Å². The molecule has 1 unspecified atom stereocenters. The molecule has 7 nitrogen and oxygen atoms in total. The van der Waals surface area contributed by atoms with E-state index < -0.39 is 11.9 Å². The molecule has 0 saturated carbocycles. The summed E-state index contributed by atoms with van der Waals surface area (Å²) >= 11 is 0. The summed E-state index contributed by atoms with van der Waals surface area (Å²) in [5.74, 6) is -0.221. The molecule has 4 rings (SSSR count). The molecule has 2 aromatic carbocycles. The summed E-state index contributed by atoms with van der Waals surface area (Å²) in [6.45, 7) is 1.62. The Morgan fingerprint density at radius 3 is 2.62 bits per heavy atom. The van der Waals surface area contributed by atoms with Gasteiger partial charge in [-0.05, 0) is 31.2 Å². The van der Waals surface area contributed by atoms with Gasteiger partial charge in [0, 0.05) is 16.3 Å². The molecule has 0 aliphatic carbocycles. The van der Waals surface area contributed by atoms with Crippen LogP contribution in [-0.2, 0) is 4.79 Å². The summed E-state index contributed by atoms with van der Waals surface area (Å²) in [4.78, 5) is 32.6. The third kappa shape index (κ3) is 3.62. The van der Waals surface area contributed by atoms with E-state index in [1.165, 1.54) is 7.11 Å². The van der Waals surface area contributed by atoms with Crippen LogP contribution in [0.25, 0.3) is 21.8 Å². The van der Waals surface area contributed by atoms with E-state index in [1.807, 2.05) is 30.3 Å². The van der Waals surface area contributed by atoms with Gasteiger partial charge < -0.3 is 20.4 Å². The molecule has 2 aromatic heterocycles. The number of nitrogens with one attached hydrogen (secondary N) is 3. The molecule has 4 aromatic rings. The highest BCUT2D eigenvalue weighted by Gasteiger charge is 2.19. The predicted molar refractivity (Wildman–Crippen MR) is 112 cm³/mol. The van der Waals surface area contributed by atoms with E-state index in [-0.39, 0.29) is 11.6 Å². The molecule has 3 N–H and O–H groups in total. The van der Waals surface area contributed by atoms with Crippen LogP contribution in [0.2, 0.25) is 0 Å². The maximum atomic E-state index is 12.6. The first-order valence-electron chi connectivity index (χ1n) is 9.18. The minimum absolute atomic E-state index is 0.249. The number of aromatic nitrogens is 2. The van der Waals surface area contributed by atoms with E-state index in [0.29, 0.717) is 11.4 Å². The summed E-state index contributed by atoms with van der Waals surface area (Å²) in [6.07, 6.45) is 1.63. The predicted octanol–water partition coefficient (Wildman–Crippen LogP) is 3.48. The number of aromatic amines is 1. The van der Waals surface area contributed by atoms with Crippen molar-refractivity contribution in [1.82, 2.24) is 15.3 Å². The van der Waals surface area contributed by atoms with Crippen molar-refractivity contribution in [3.63, 3.8) is 0 Å². The number of para-hydroxylation sites is 3. The topological polar surface area (TPSA) is 96.1 Å². The van der Waals surface area contributed by atoms with Crippen LogP contribution in [0, 0.1) is 0 Å². The van der Waals surface area contributed by atoms with Gasteiger partial charge in [-0.2, -0.15) is 0 Å². The molecule has 0 aliphatic rings. The van der Waals surface area contributed by atoms with Crippen LogP contribution in [-0.4, -0.2) is 34.9 Å². The van der Waals surface area contributed by atoms with Crippen LogP contribution in [0.4, 0.5) is 5.69 Å². The average Bonchev–Trinajstić information content (AvgIpc) is 3.12. The van der Waals surface area contributed by atoms with Gasteiger partial charge in [-0.1, -0.05) is 30.3 Å². The fourth-order valence-electron chi connectivity index (χ4n) is 3.20. The molecule has 0 bridgehead atoms. The molecule has 1 atom stereocenters. The number of hydrogen-bond acceptors (Lipinski definition) is 4. The van der Waals surface area contributed by atoms with Gasteiger partial charge in [-0.15, -0.1) is 0 Å². The van der Waals surface area contributed by atoms with Crippen LogP contribution in [0.3, 0.4) is 0 Å². The molecule has 7 heteroatoms. The van der Waals surface area contributed by atoms with E-state index >= 15 is 0 Å². The maximum Gasteiger partial charge on any atom is 0.270 e. The number of fused-ring (bicyclic) bond motifs is 3. The quantitative estimate of drug-likeness (QED) is 0.488. The normalized spacial score (nSPS) is 11.9.